The number of aromatic nitrogens is 3. The molecule has 10 nitrogen and oxygen atoms in total. The van der Waals surface area contributed by atoms with Crippen LogP contribution in [0.25, 0.3) is 5.57 Å². The van der Waals surface area contributed by atoms with Gasteiger partial charge in [-0.05, 0) is 30.2 Å². The zero-order chi connectivity index (χ0) is 22.7. The molecule has 12 heteroatoms. The number of nitrogens with zero attached hydrogens (tertiary/aromatic N) is 5. The Morgan fingerprint density at radius 1 is 1.34 bits per heavy atom. The lowest BCUT2D eigenvalue weighted by Crippen LogP contribution is -2.37. The van der Waals surface area contributed by atoms with Gasteiger partial charge in [-0.25, -0.2) is 22.3 Å². The zero-order valence-corrected chi connectivity index (χ0v) is 18.4. The van der Waals surface area contributed by atoms with Crippen molar-refractivity contribution in [3.8, 4) is 0 Å². The quantitative estimate of drug-likeness (QED) is 0.582. The second-order valence-electron chi connectivity index (χ2n) is 7.55. The first-order chi connectivity index (χ1) is 15.4. The molecule has 0 unspecified atom stereocenters. The van der Waals surface area contributed by atoms with E-state index >= 15 is 0 Å². The minimum atomic E-state index is -3.41. The van der Waals surface area contributed by atoms with Crippen molar-refractivity contribution < 1.29 is 27.1 Å². The van der Waals surface area contributed by atoms with Crippen LogP contribution >= 0.6 is 0 Å². The van der Waals surface area contributed by atoms with Crippen LogP contribution in [-0.4, -0.2) is 79.0 Å². The van der Waals surface area contributed by atoms with E-state index in [2.05, 4.69) is 10.3 Å². The highest BCUT2D eigenvalue weighted by Crippen LogP contribution is 2.30. The van der Waals surface area contributed by atoms with E-state index in [9.17, 15) is 17.6 Å². The molecule has 2 aliphatic heterocycles. The third-order valence-corrected chi connectivity index (χ3v) is 7.26. The van der Waals surface area contributed by atoms with E-state index in [1.807, 2.05) is 0 Å². The Morgan fingerprint density at radius 2 is 2.19 bits per heavy atom. The van der Waals surface area contributed by atoms with E-state index in [1.165, 1.54) is 28.6 Å². The monoisotopic (exact) mass is 465 g/mol. The van der Waals surface area contributed by atoms with Crippen molar-refractivity contribution in [1.82, 2.24) is 19.3 Å². The maximum atomic E-state index is 14.9. The van der Waals surface area contributed by atoms with E-state index in [4.69, 9.17) is 9.47 Å². The number of benzene rings is 1. The molecule has 0 N–H and O–H groups in total. The summed E-state index contributed by atoms with van der Waals surface area (Å²) in [6.45, 7) is 1.23. The fourth-order valence-electron chi connectivity index (χ4n) is 3.76. The normalized spacial score (nSPS) is 19.8. The molecule has 2 aromatic rings. The summed E-state index contributed by atoms with van der Waals surface area (Å²) >= 11 is 0. The summed E-state index contributed by atoms with van der Waals surface area (Å²) in [5.74, 6) is -0.559. The average molecular weight is 466 g/mol. The van der Waals surface area contributed by atoms with Gasteiger partial charge in [-0.2, -0.15) is 4.31 Å². The van der Waals surface area contributed by atoms with E-state index in [1.54, 1.807) is 29.1 Å². The molecular formula is C20H24FN5O5S. The van der Waals surface area contributed by atoms with Gasteiger partial charge in [-0.15, -0.1) is 5.10 Å². The maximum absolute atomic E-state index is 14.9. The summed E-state index contributed by atoms with van der Waals surface area (Å²) in [7, 11) is -1.95. The number of anilines is 1. The molecule has 1 fully saturated rings. The van der Waals surface area contributed by atoms with Gasteiger partial charge < -0.3 is 9.47 Å². The van der Waals surface area contributed by atoms with E-state index in [-0.39, 0.29) is 32.0 Å². The van der Waals surface area contributed by atoms with Crippen molar-refractivity contribution in [2.45, 2.75) is 19.1 Å². The molecule has 1 aromatic heterocycles. The summed E-state index contributed by atoms with van der Waals surface area (Å²) in [5, 5.41) is 7.58. The molecule has 0 saturated carbocycles. The Hall–Kier alpha value is -2.83. The smallest absolute Gasteiger partial charge is 0.414 e. The van der Waals surface area contributed by atoms with E-state index in [0.29, 0.717) is 24.2 Å². The summed E-state index contributed by atoms with van der Waals surface area (Å²) in [5.41, 5.74) is 1.53. The molecular weight excluding hydrogens is 441 g/mol. The standard InChI is InChI=1S/C20H24FN5O5S/c1-30-10-11-32(28,29)25-7-4-15(5-8-25)18-3-2-16(12-19(18)21)26-14-17(31-20(26)27)13-24-9-6-22-23-24/h2-4,6,9,12,17H,5,7-8,10-11,13-14H2,1H3/t17-/m0/s1. The third-order valence-electron chi connectivity index (χ3n) is 5.46. The Kier molecular flexibility index (Phi) is 6.53. The SMILES string of the molecule is COCCS(=O)(=O)N1CC=C(c2ccc(N3C[C@H](Cn4ccnn4)OC3=O)cc2F)CC1. The van der Waals surface area contributed by atoms with Gasteiger partial charge in [0.25, 0.3) is 0 Å². The van der Waals surface area contributed by atoms with Crippen LogP contribution in [0.15, 0.2) is 36.7 Å². The Labute approximate surface area is 185 Å². The van der Waals surface area contributed by atoms with Gasteiger partial charge in [0.15, 0.2) is 0 Å². The predicted octanol–water partition coefficient (Wildman–Crippen LogP) is 1.51. The van der Waals surface area contributed by atoms with Crippen LogP contribution < -0.4 is 4.90 Å². The van der Waals surface area contributed by atoms with Crippen LogP contribution in [0.2, 0.25) is 0 Å². The number of ether oxygens (including phenoxy) is 2. The lowest BCUT2D eigenvalue weighted by atomic mass is 9.99. The minimum Gasteiger partial charge on any atom is -0.442 e. The van der Waals surface area contributed by atoms with Gasteiger partial charge in [0.05, 0.1) is 37.3 Å². The second kappa shape index (κ2) is 9.35. The van der Waals surface area contributed by atoms with Gasteiger partial charge in [0, 0.05) is 32.0 Å². The Bertz CT molecular complexity index is 1110. The first-order valence-corrected chi connectivity index (χ1v) is 11.8. The van der Waals surface area contributed by atoms with Crippen LogP contribution in [-0.2, 0) is 26.0 Å². The number of hydrogen-bond donors (Lipinski definition) is 0. The van der Waals surface area contributed by atoms with Gasteiger partial charge in [0.2, 0.25) is 10.0 Å². The molecule has 0 radical (unpaired) electrons. The molecule has 3 heterocycles. The number of carbonyl (C=O) groups excluding carboxylic acids is 1. The number of methoxy groups -OCH3 is 1. The number of halogens is 1. The fraction of sp³-hybridized carbons (Fsp3) is 0.450. The van der Waals surface area contributed by atoms with Crippen molar-refractivity contribution in [1.29, 1.82) is 0 Å². The van der Waals surface area contributed by atoms with Gasteiger partial charge in [-0.3, -0.25) is 4.90 Å². The first kappa shape index (κ1) is 22.4. The molecule has 1 aromatic carbocycles. The van der Waals surface area contributed by atoms with Crippen LogP contribution in [0, 0.1) is 5.82 Å². The highest BCUT2D eigenvalue weighted by atomic mass is 32.2. The number of cyclic esters (lactones) is 1. The molecule has 0 bridgehead atoms. The topological polar surface area (TPSA) is 107 Å². The number of amides is 1. The molecule has 32 heavy (non-hydrogen) atoms. The van der Waals surface area contributed by atoms with Crippen LogP contribution in [0.3, 0.4) is 0 Å². The van der Waals surface area contributed by atoms with Gasteiger partial charge >= 0.3 is 6.09 Å². The molecule has 1 saturated heterocycles. The number of rotatable bonds is 8. The average Bonchev–Trinajstić information content (AvgIpc) is 3.42. The third kappa shape index (κ3) is 4.81. The largest absolute Gasteiger partial charge is 0.442 e. The first-order valence-electron chi connectivity index (χ1n) is 10.2. The molecule has 2 aliphatic rings. The highest BCUT2D eigenvalue weighted by Gasteiger charge is 2.33. The molecule has 0 spiro atoms. The van der Waals surface area contributed by atoms with Crippen molar-refractivity contribution in [2.75, 3.05) is 44.0 Å². The van der Waals surface area contributed by atoms with Crippen molar-refractivity contribution in [3.63, 3.8) is 0 Å². The van der Waals surface area contributed by atoms with Crippen LogP contribution in [0.1, 0.15) is 12.0 Å². The van der Waals surface area contributed by atoms with Crippen molar-refractivity contribution in [2.24, 2.45) is 0 Å². The second-order valence-corrected chi connectivity index (χ2v) is 9.64. The molecule has 4 rings (SSSR count). The van der Waals surface area contributed by atoms with Gasteiger partial charge in [0.1, 0.15) is 11.9 Å². The number of sulfonamides is 1. The highest BCUT2D eigenvalue weighted by molar-refractivity contribution is 7.89. The van der Waals surface area contributed by atoms with E-state index < -0.39 is 28.0 Å². The molecule has 1 amide bonds. The summed E-state index contributed by atoms with van der Waals surface area (Å²) in [6, 6.07) is 4.58. The minimum absolute atomic E-state index is 0.0838. The molecule has 1 atom stereocenters. The summed E-state index contributed by atoms with van der Waals surface area (Å²) < 4.78 is 52.6. The Balaban J connectivity index is 1.43. The molecule has 172 valence electrons. The zero-order valence-electron chi connectivity index (χ0n) is 17.6. The van der Waals surface area contributed by atoms with E-state index in [0.717, 1.165) is 5.57 Å². The lowest BCUT2D eigenvalue weighted by molar-refractivity contribution is 0.129. The van der Waals surface area contributed by atoms with Gasteiger partial charge in [-0.1, -0.05) is 11.3 Å². The number of carbonyl (C=O) groups is 1. The molecule has 0 aliphatic carbocycles. The van der Waals surface area contributed by atoms with Crippen molar-refractivity contribution >= 4 is 27.4 Å². The van der Waals surface area contributed by atoms with Crippen molar-refractivity contribution in [3.05, 3.63) is 48.0 Å². The lowest BCUT2D eigenvalue weighted by Gasteiger charge is -2.26. The fourth-order valence-corrected chi connectivity index (χ4v) is 5.07. The van der Waals surface area contributed by atoms with Crippen LogP contribution in [0.5, 0.6) is 0 Å². The summed E-state index contributed by atoms with van der Waals surface area (Å²) in [4.78, 5) is 13.7. The summed E-state index contributed by atoms with van der Waals surface area (Å²) in [6.07, 6.45) is 4.37. The number of hydrogen-bond acceptors (Lipinski definition) is 7. The van der Waals surface area contributed by atoms with Crippen LogP contribution in [0.4, 0.5) is 14.9 Å². The Morgan fingerprint density at radius 3 is 2.84 bits per heavy atom. The maximum Gasteiger partial charge on any atom is 0.414 e. The predicted molar refractivity (Wildman–Crippen MR) is 114 cm³/mol.